The molecular formula is C14H21N5O. The molecule has 0 unspecified atom stereocenters. The minimum absolute atomic E-state index is 0.525. The van der Waals surface area contributed by atoms with E-state index >= 15 is 0 Å². The van der Waals surface area contributed by atoms with E-state index in [0.717, 1.165) is 37.3 Å². The molecule has 108 valence electrons. The number of rotatable bonds is 2. The highest BCUT2D eigenvalue weighted by molar-refractivity contribution is 5.54. The molecule has 3 rings (SSSR count). The highest BCUT2D eigenvalue weighted by atomic mass is 16.5. The van der Waals surface area contributed by atoms with Gasteiger partial charge in [0.1, 0.15) is 0 Å². The first-order valence-corrected chi connectivity index (χ1v) is 7.17. The quantitative estimate of drug-likeness (QED) is 0.840. The fourth-order valence-corrected chi connectivity index (χ4v) is 2.70. The van der Waals surface area contributed by atoms with Crippen molar-refractivity contribution in [2.45, 2.75) is 53.2 Å². The summed E-state index contributed by atoms with van der Waals surface area (Å²) in [6, 6.07) is 0.546. The van der Waals surface area contributed by atoms with Gasteiger partial charge in [-0.05, 0) is 34.1 Å². The van der Waals surface area contributed by atoms with Crippen molar-refractivity contribution in [3.63, 3.8) is 0 Å². The van der Waals surface area contributed by atoms with Gasteiger partial charge in [-0.3, -0.25) is 9.58 Å². The molecule has 2 aromatic heterocycles. The lowest BCUT2D eigenvalue weighted by atomic mass is 10.2. The summed E-state index contributed by atoms with van der Waals surface area (Å²) >= 11 is 0. The Labute approximate surface area is 118 Å². The molecule has 0 spiro atoms. The fraction of sp³-hybridized carbons (Fsp3) is 0.643. The molecule has 6 nitrogen and oxygen atoms in total. The van der Waals surface area contributed by atoms with Crippen molar-refractivity contribution in [2.24, 2.45) is 0 Å². The summed E-state index contributed by atoms with van der Waals surface area (Å²) in [5.74, 6) is 1.17. The van der Waals surface area contributed by atoms with Crippen LogP contribution in [0.3, 0.4) is 0 Å². The SMILES string of the molecule is Cc1noc(-c2nn3c(c2C)CN(C(C)C)CCC3)n1. The highest BCUT2D eigenvalue weighted by Crippen LogP contribution is 2.26. The van der Waals surface area contributed by atoms with Gasteiger partial charge in [0.2, 0.25) is 0 Å². The van der Waals surface area contributed by atoms with Crippen LogP contribution in [0.1, 0.15) is 37.4 Å². The molecule has 1 aliphatic heterocycles. The smallest absolute Gasteiger partial charge is 0.278 e. The van der Waals surface area contributed by atoms with Crippen LogP contribution >= 0.6 is 0 Å². The molecule has 0 bridgehead atoms. The van der Waals surface area contributed by atoms with Crippen molar-refractivity contribution in [1.29, 1.82) is 0 Å². The van der Waals surface area contributed by atoms with Crippen molar-refractivity contribution in [1.82, 2.24) is 24.8 Å². The molecule has 2 aromatic rings. The van der Waals surface area contributed by atoms with Gasteiger partial charge in [-0.15, -0.1) is 0 Å². The van der Waals surface area contributed by atoms with Crippen LogP contribution in [-0.2, 0) is 13.1 Å². The van der Waals surface area contributed by atoms with Crippen LogP contribution in [0.25, 0.3) is 11.6 Å². The van der Waals surface area contributed by atoms with Crippen LogP contribution in [0.15, 0.2) is 4.52 Å². The summed E-state index contributed by atoms with van der Waals surface area (Å²) < 4.78 is 7.37. The Morgan fingerprint density at radius 1 is 1.20 bits per heavy atom. The van der Waals surface area contributed by atoms with Gasteiger partial charge in [-0.25, -0.2) is 0 Å². The van der Waals surface area contributed by atoms with E-state index in [4.69, 9.17) is 4.52 Å². The predicted molar refractivity (Wildman–Crippen MR) is 75.2 cm³/mol. The van der Waals surface area contributed by atoms with Crippen LogP contribution in [0.5, 0.6) is 0 Å². The van der Waals surface area contributed by atoms with E-state index in [1.165, 1.54) is 5.69 Å². The zero-order valence-electron chi connectivity index (χ0n) is 12.6. The fourth-order valence-electron chi connectivity index (χ4n) is 2.70. The number of nitrogens with zero attached hydrogens (tertiary/aromatic N) is 5. The first kappa shape index (κ1) is 13.3. The molecule has 0 aromatic carbocycles. The lowest BCUT2D eigenvalue weighted by Gasteiger charge is -2.24. The Morgan fingerprint density at radius 2 is 2.00 bits per heavy atom. The van der Waals surface area contributed by atoms with Gasteiger partial charge in [0.25, 0.3) is 5.89 Å². The van der Waals surface area contributed by atoms with E-state index in [2.05, 4.69) is 45.6 Å². The second kappa shape index (κ2) is 5.01. The second-order valence-corrected chi connectivity index (χ2v) is 5.71. The van der Waals surface area contributed by atoms with Gasteiger partial charge < -0.3 is 4.52 Å². The molecule has 0 saturated carbocycles. The summed E-state index contributed by atoms with van der Waals surface area (Å²) in [4.78, 5) is 6.78. The lowest BCUT2D eigenvalue weighted by Crippen LogP contribution is -2.30. The van der Waals surface area contributed by atoms with E-state index in [9.17, 15) is 0 Å². The van der Waals surface area contributed by atoms with Gasteiger partial charge in [0.05, 0.1) is 5.69 Å². The minimum Gasteiger partial charge on any atom is -0.332 e. The first-order chi connectivity index (χ1) is 9.56. The number of hydrogen-bond donors (Lipinski definition) is 0. The first-order valence-electron chi connectivity index (χ1n) is 7.17. The molecule has 0 aliphatic carbocycles. The molecule has 0 amide bonds. The highest BCUT2D eigenvalue weighted by Gasteiger charge is 2.24. The van der Waals surface area contributed by atoms with Crippen molar-refractivity contribution >= 4 is 0 Å². The van der Waals surface area contributed by atoms with E-state index in [-0.39, 0.29) is 0 Å². The maximum absolute atomic E-state index is 5.26. The van der Waals surface area contributed by atoms with Crippen molar-refractivity contribution in [3.05, 3.63) is 17.1 Å². The third-order valence-electron chi connectivity index (χ3n) is 3.95. The Hall–Kier alpha value is -1.69. The van der Waals surface area contributed by atoms with Gasteiger partial charge in [-0.1, -0.05) is 5.16 Å². The van der Waals surface area contributed by atoms with Crippen molar-refractivity contribution in [2.75, 3.05) is 6.54 Å². The lowest BCUT2D eigenvalue weighted by molar-refractivity contribution is 0.216. The average Bonchev–Trinajstić information content (AvgIpc) is 2.86. The van der Waals surface area contributed by atoms with Crippen LogP contribution in [0, 0.1) is 13.8 Å². The summed E-state index contributed by atoms with van der Waals surface area (Å²) in [6.45, 7) is 11.4. The second-order valence-electron chi connectivity index (χ2n) is 5.71. The summed E-state index contributed by atoms with van der Waals surface area (Å²) in [7, 11) is 0. The number of aryl methyl sites for hydroxylation is 2. The largest absolute Gasteiger partial charge is 0.332 e. The summed E-state index contributed by atoms with van der Waals surface area (Å²) in [5.41, 5.74) is 3.24. The Balaban J connectivity index is 2.00. The molecule has 6 heteroatoms. The zero-order chi connectivity index (χ0) is 14.3. The van der Waals surface area contributed by atoms with Crippen LogP contribution in [-0.4, -0.2) is 37.4 Å². The molecule has 0 fully saturated rings. The summed E-state index contributed by atoms with van der Waals surface area (Å²) in [6.07, 6.45) is 1.12. The maximum Gasteiger partial charge on any atom is 0.278 e. The third-order valence-corrected chi connectivity index (χ3v) is 3.95. The zero-order valence-corrected chi connectivity index (χ0v) is 12.6. The van der Waals surface area contributed by atoms with E-state index in [0.29, 0.717) is 17.8 Å². The number of aromatic nitrogens is 4. The molecule has 1 aliphatic rings. The average molecular weight is 275 g/mol. The minimum atomic E-state index is 0.525. The Bertz CT molecular complexity index is 613. The molecule has 0 N–H and O–H groups in total. The van der Waals surface area contributed by atoms with Gasteiger partial charge >= 0.3 is 0 Å². The third kappa shape index (κ3) is 2.24. The predicted octanol–water partition coefficient (Wildman–Crippen LogP) is 2.16. The van der Waals surface area contributed by atoms with Crippen molar-refractivity contribution in [3.8, 4) is 11.6 Å². The number of fused-ring (bicyclic) bond motifs is 1. The Morgan fingerprint density at radius 3 is 2.65 bits per heavy atom. The molecule has 0 radical (unpaired) electrons. The van der Waals surface area contributed by atoms with Gasteiger partial charge in [-0.2, -0.15) is 10.1 Å². The van der Waals surface area contributed by atoms with Crippen LogP contribution in [0.2, 0.25) is 0 Å². The molecular weight excluding hydrogens is 254 g/mol. The topological polar surface area (TPSA) is 60.0 Å². The van der Waals surface area contributed by atoms with Crippen molar-refractivity contribution < 1.29 is 4.52 Å². The molecule has 3 heterocycles. The standard InChI is InChI=1S/C14H21N5O/c1-9(2)18-6-5-7-19-12(8-18)10(3)13(16-19)14-15-11(4)17-20-14/h9H,5-8H2,1-4H3. The van der Waals surface area contributed by atoms with Gasteiger partial charge in [0.15, 0.2) is 11.5 Å². The van der Waals surface area contributed by atoms with Crippen LogP contribution < -0.4 is 0 Å². The molecule has 20 heavy (non-hydrogen) atoms. The van der Waals surface area contributed by atoms with Gasteiger partial charge in [0, 0.05) is 31.2 Å². The number of hydrogen-bond acceptors (Lipinski definition) is 5. The van der Waals surface area contributed by atoms with Crippen LogP contribution in [0.4, 0.5) is 0 Å². The van der Waals surface area contributed by atoms with E-state index < -0.39 is 0 Å². The molecule has 0 atom stereocenters. The molecule has 0 saturated heterocycles. The summed E-state index contributed by atoms with van der Waals surface area (Å²) in [5, 5.41) is 8.54. The maximum atomic E-state index is 5.26. The monoisotopic (exact) mass is 275 g/mol. The van der Waals surface area contributed by atoms with E-state index in [1.54, 1.807) is 0 Å². The van der Waals surface area contributed by atoms with E-state index in [1.807, 2.05) is 6.92 Å². The Kier molecular flexibility index (Phi) is 3.33. The normalized spacial score (nSPS) is 16.4.